The highest BCUT2D eigenvalue weighted by molar-refractivity contribution is 6.01. The van der Waals surface area contributed by atoms with Gasteiger partial charge in [-0.2, -0.15) is 0 Å². The predicted octanol–water partition coefficient (Wildman–Crippen LogP) is 3.64. The Bertz CT molecular complexity index is 810. The first-order chi connectivity index (χ1) is 12.4. The molecule has 0 aromatic heterocycles. The SMILES string of the molecule is COc1ccc(C(C)=O)c(OC)c1-c1c(OC)ccc([C@H](C)O)c1OC. The standard InChI is InChI=1S/C20H24O6/c1-11(21)13-7-9-15(23-3)17(19(13)25-5)18-16(24-4)10-8-14(12(2)22)20(18)26-6/h7-11,21H,1-6H3/t11-/m0/s1. The van der Waals surface area contributed by atoms with Crippen molar-refractivity contribution in [1.82, 2.24) is 0 Å². The van der Waals surface area contributed by atoms with Crippen molar-refractivity contribution < 1.29 is 28.8 Å². The number of carbonyl (C=O) groups excluding carboxylic acids is 1. The number of aliphatic hydroxyl groups excluding tert-OH is 1. The molecule has 6 nitrogen and oxygen atoms in total. The van der Waals surface area contributed by atoms with Crippen LogP contribution in [0.25, 0.3) is 11.1 Å². The van der Waals surface area contributed by atoms with E-state index in [1.807, 2.05) is 0 Å². The Morgan fingerprint density at radius 2 is 1.35 bits per heavy atom. The molecule has 0 saturated carbocycles. The lowest BCUT2D eigenvalue weighted by Crippen LogP contribution is -2.05. The smallest absolute Gasteiger partial charge is 0.163 e. The number of hydrogen-bond donors (Lipinski definition) is 1. The summed E-state index contributed by atoms with van der Waals surface area (Å²) in [6, 6.07) is 6.82. The number of Topliss-reactive ketones (excluding diaryl/α,β-unsaturated/α-hetero) is 1. The quantitative estimate of drug-likeness (QED) is 0.760. The van der Waals surface area contributed by atoms with Gasteiger partial charge in [-0.3, -0.25) is 4.79 Å². The van der Waals surface area contributed by atoms with E-state index in [-0.39, 0.29) is 5.78 Å². The summed E-state index contributed by atoms with van der Waals surface area (Å²) in [4.78, 5) is 12.1. The zero-order valence-corrected chi connectivity index (χ0v) is 15.9. The minimum atomic E-state index is -0.761. The fourth-order valence-electron chi connectivity index (χ4n) is 3.00. The molecule has 0 aliphatic carbocycles. The first kappa shape index (κ1) is 19.6. The molecule has 1 N–H and O–H groups in total. The van der Waals surface area contributed by atoms with E-state index in [9.17, 15) is 9.90 Å². The summed E-state index contributed by atoms with van der Waals surface area (Å²) in [5.41, 5.74) is 2.07. The lowest BCUT2D eigenvalue weighted by molar-refractivity contribution is 0.101. The molecule has 2 aromatic carbocycles. The third-order valence-corrected chi connectivity index (χ3v) is 4.20. The molecule has 0 unspecified atom stereocenters. The number of rotatable bonds is 7. The molecular weight excluding hydrogens is 336 g/mol. The molecule has 0 spiro atoms. The second-order valence-electron chi connectivity index (χ2n) is 5.72. The Balaban J connectivity index is 3.01. The predicted molar refractivity (Wildman–Crippen MR) is 98.7 cm³/mol. The molecule has 0 amide bonds. The lowest BCUT2D eigenvalue weighted by atomic mass is 9.94. The first-order valence-corrected chi connectivity index (χ1v) is 8.10. The molecule has 0 aliphatic rings. The van der Waals surface area contributed by atoms with Crippen molar-refractivity contribution in [3.8, 4) is 34.1 Å². The van der Waals surface area contributed by atoms with Crippen molar-refractivity contribution in [2.24, 2.45) is 0 Å². The van der Waals surface area contributed by atoms with Crippen LogP contribution in [0.3, 0.4) is 0 Å². The van der Waals surface area contributed by atoms with Gasteiger partial charge in [0.1, 0.15) is 23.0 Å². The Morgan fingerprint density at radius 3 is 1.77 bits per heavy atom. The third kappa shape index (κ3) is 3.32. The van der Waals surface area contributed by atoms with Gasteiger partial charge in [-0.25, -0.2) is 0 Å². The molecule has 1 atom stereocenters. The van der Waals surface area contributed by atoms with E-state index < -0.39 is 6.10 Å². The van der Waals surface area contributed by atoms with Gasteiger partial charge in [-0.05, 0) is 38.1 Å². The third-order valence-electron chi connectivity index (χ3n) is 4.20. The van der Waals surface area contributed by atoms with Crippen molar-refractivity contribution in [2.45, 2.75) is 20.0 Å². The van der Waals surface area contributed by atoms with Gasteiger partial charge < -0.3 is 24.1 Å². The Morgan fingerprint density at radius 1 is 0.846 bits per heavy atom. The summed E-state index contributed by atoms with van der Waals surface area (Å²) in [6.45, 7) is 3.11. The Kier molecular flexibility index (Phi) is 6.10. The topological polar surface area (TPSA) is 74.2 Å². The van der Waals surface area contributed by atoms with Gasteiger partial charge in [0.15, 0.2) is 5.78 Å². The Labute approximate surface area is 153 Å². The van der Waals surface area contributed by atoms with Crippen LogP contribution in [0.2, 0.25) is 0 Å². The van der Waals surface area contributed by atoms with E-state index in [4.69, 9.17) is 18.9 Å². The van der Waals surface area contributed by atoms with Gasteiger partial charge in [-0.15, -0.1) is 0 Å². The number of ether oxygens (including phenoxy) is 4. The number of ketones is 1. The highest BCUT2D eigenvalue weighted by Gasteiger charge is 2.27. The van der Waals surface area contributed by atoms with Gasteiger partial charge in [0.2, 0.25) is 0 Å². The first-order valence-electron chi connectivity index (χ1n) is 8.10. The molecule has 6 heteroatoms. The molecule has 0 bridgehead atoms. The Hall–Kier alpha value is -2.73. The van der Waals surface area contributed by atoms with Crippen molar-refractivity contribution >= 4 is 5.78 Å². The number of hydrogen-bond acceptors (Lipinski definition) is 6. The lowest BCUT2D eigenvalue weighted by Gasteiger charge is -2.22. The molecule has 140 valence electrons. The molecular formula is C20H24O6. The molecule has 0 heterocycles. The van der Waals surface area contributed by atoms with Crippen molar-refractivity contribution in [2.75, 3.05) is 28.4 Å². The van der Waals surface area contributed by atoms with E-state index in [1.54, 1.807) is 31.2 Å². The van der Waals surface area contributed by atoms with Gasteiger partial charge >= 0.3 is 0 Å². The second kappa shape index (κ2) is 8.10. The molecule has 0 fully saturated rings. The van der Waals surface area contributed by atoms with Crippen LogP contribution >= 0.6 is 0 Å². The van der Waals surface area contributed by atoms with Crippen LogP contribution in [-0.2, 0) is 0 Å². The van der Waals surface area contributed by atoms with Crippen LogP contribution in [0.5, 0.6) is 23.0 Å². The van der Waals surface area contributed by atoms with E-state index >= 15 is 0 Å². The second-order valence-corrected chi connectivity index (χ2v) is 5.72. The highest BCUT2D eigenvalue weighted by atomic mass is 16.5. The summed E-state index contributed by atoms with van der Waals surface area (Å²) in [7, 11) is 6.07. The number of methoxy groups -OCH3 is 4. The maximum Gasteiger partial charge on any atom is 0.163 e. The van der Waals surface area contributed by atoms with Crippen LogP contribution in [-0.4, -0.2) is 39.3 Å². The molecule has 0 saturated heterocycles. The zero-order valence-electron chi connectivity index (χ0n) is 15.9. The van der Waals surface area contributed by atoms with Gasteiger partial charge in [0.25, 0.3) is 0 Å². The van der Waals surface area contributed by atoms with E-state index in [1.165, 1.54) is 35.4 Å². The number of benzene rings is 2. The van der Waals surface area contributed by atoms with Crippen LogP contribution in [0.4, 0.5) is 0 Å². The monoisotopic (exact) mass is 360 g/mol. The van der Waals surface area contributed by atoms with Crippen LogP contribution in [0, 0.1) is 0 Å². The summed E-state index contributed by atoms with van der Waals surface area (Å²) < 4.78 is 22.2. The van der Waals surface area contributed by atoms with Crippen LogP contribution < -0.4 is 18.9 Å². The van der Waals surface area contributed by atoms with Gasteiger partial charge in [0.05, 0.1) is 51.2 Å². The largest absolute Gasteiger partial charge is 0.496 e. The summed E-state index contributed by atoms with van der Waals surface area (Å²) >= 11 is 0. The van der Waals surface area contributed by atoms with Crippen LogP contribution in [0.15, 0.2) is 24.3 Å². The van der Waals surface area contributed by atoms with Gasteiger partial charge in [0, 0.05) is 5.56 Å². The fraction of sp³-hybridized carbons (Fsp3) is 0.350. The zero-order chi connectivity index (χ0) is 19.4. The number of carbonyl (C=O) groups is 1. The van der Waals surface area contributed by atoms with E-state index in [2.05, 4.69) is 0 Å². The minimum absolute atomic E-state index is 0.143. The molecule has 26 heavy (non-hydrogen) atoms. The maximum atomic E-state index is 12.1. The van der Waals surface area contributed by atoms with E-state index in [0.29, 0.717) is 45.3 Å². The number of aliphatic hydroxyl groups is 1. The van der Waals surface area contributed by atoms with Crippen molar-refractivity contribution in [3.63, 3.8) is 0 Å². The average Bonchev–Trinajstić information content (AvgIpc) is 2.64. The molecule has 2 aromatic rings. The normalized spacial score (nSPS) is 11.7. The minimum Gasteiger partial charge on any atom is -0.496 e. The summed E-state index contributed by atoms with van der Waals surface area (Å²) in [6.07, 6.45) is -0.761. The molecule has 0 radical (unpaired) electrons. The van der Waals surface area contributed by atoms with Gasteiger partial charge in [-0.1, -0.05) is 0 Å². The highest BCUT2D eigenvalue weighted by Crippen LogP contribution is 2.50. The van der Waals surface area contributed by atoms with Crippen LogP contribution in [0.1, 0.15) is 35.9 Å². The fourth-order valence-corrected chi connectivity index (χ4v) is 3.00. The van der Waals surface area contributed by atoms with E-state index in [0.717, 1.165) is 0 Å². The van der Waals surface area contributed by atoms with Crippen molar-refractivity contribution in [1.29, 1.82) is 0 Å². The summed E-state index contributed by atoms with van der Waals surface area (Å²) in [5.74, 6) is 1.64. The molecule has 0 aliphatic heterocycles. The summed E-state index contributed by atoms with van der Waals surface area (Å²) in [5, 5.41) is 10.1. The van der Waals surface area contributed by atoms with Crippen molar-refractivity contribution in [3.05, 3.63) is 35.4 Å². The average molecular weight is 360 g/mol. The maximum absolute atomic E-state index is 12.1. The molecule has 2 rings (SSSR count).